The lowest BCUT2D eigenvalue weighted by molar-refractivity contribution is -0.116. The third-order valence-electron chi connectivity index (χ3n) is 6.94. The summed E-state index contributed by atoms with van der Waals surface area (Å²) in [4.78, 5) is 45.2. The quantitative estimate of drug-likeness (QED) is 0.0917. The summed E-state index contributed by atoms with van der Waals surface area (Å²) in [6, 6.07) is 31.7. The van der Waals surface area contributed by atoms with Crippen molar-refractivity contribution in [3.8, 4) is 11.5 Å². The van der Waals surface area contributed by atoms with Gasteiger partial charge in [-0.2, -0.15) is 0 Å². The summed E-state index contributed by atoms with van der Waals surface area (Å²) >= 11 is 7.65. The number of rotatable bonds is 12. The van der Waals surface area contributed by atoms with Crippen LogP contribution in [-0.2, 0) is 9.59 Å². The van der Waals surface area contributed by atoms with Crippen LogP contribution in [0.5, 0.6) is 11.5 Å². The highest BCUT2D eigenvalue weighted by atomic mass is 35.5. The lowest BCUT2D eigenvalue weighted by atomic mass is 10.1. The van der Waals surface area contributed by atoms with Gasteiger partial charge in [0.05, 0.1) is 24.9 Å². The van der Waals surface area contributed by atoms with E-state index < -0.39 is 17.1 Å². The van der Waals surface area contributed by atoms with E-state index in [1.165, 1.54) is 26.0 Å². The predicted octanol–water partition coefficient (Wildman–Crippen LogP) is 7.63. The fourth-order valence-corrected chi connectivity index (χ4v) is 5.93. The minimum absolute atomic E-state index is 0.0311. The summed E-state index contributed by atoms with van der Waals surface area (Å²) in [5, 5.41) is 8.17. The normalized spacial score (nSPS) is 11.6. The van der Waals surface area contributed by atoms with Gasteiger partial charge in [0.1, 0.15) is 22.4 Å². The second-order valence-corrected chi connectivity index (χ2v) is 11.8. The first-order chi connectivity index (χ1) is 23.3. The minimum Gasteiger partial charge on any atom is -0.495 e. The first-order valence-corrected chi connectivity index (χ1v) is 15.9. The van der Waals surface area contributed by atoms with Gasteiger partial charge in [-0.1, -0.05) is 72.3 Å². The molecule has 0 spiro atoms. The van der Waals surface area contributed by atoms with Crippen molar-refractivity contribution in [1.82, 2.24) is 10.3 Å². The van der Waals surface area contributed by atoms with Crippen LogP contribution in [0.2, 0.25) is 5.02 Å². The number of pyridine rings is 1. The molecule has 0 bridgehead atoms. The van der Waals surface area contributed by atoms with E-state index in [9.17, 15) is 14.4 Å². The van der Waals surface area contributed by atoms with Crippen molar-refractivity contribution >= 4 is 58.5 Å². The molecule has 48 heavy (non-hydrogen) atoms. The molecule has 242 valence electrons. The molecule has 0 aliphatic rings. The molecule has 5 aromatic rings. The Morgan fingerprint density at radius 2 is 1.54 bits per heavy atom. The molecule has 0 saturated carbocycles. The molecule has 1 unspecified atom stereocenters. The van der Waals surface area contributed by atoms with Crippen LogP contribution >= 0.6 is 23.4 Å². The Balaban J connectivity index is 1.38. The molecule has 0 fully saturated rings. The number of nitrogens with one attached hydrogen (secondary N) is 3. The maximum absolute atomic E-state index is 13.8. The second-order valence-electron chi connectivity index (χ2n) is 10.2. The number of hydrogen-bond acceptors (Lipinski definition) is 7. The Kier molecular flexibility index (Phi) is 11.5. The zero-order valence-corrected chi connectivity index (χ0v) is 27.5. The van der Waals surface area contributed by atoms with Crippen molar-refractivity contribution in [1.29, 1.82) is 0 Å². The number of ether oxygens (including phenoxy) is 2. The number of aromatic nitrogens is 1. The summed E-state index contributed by atoms with van der Waals surface area (Å²) < 4.78 is 10.8. The fraction of sp³-hybridized carbons (Fsp3) is 0.0811. The topological polar surface area (TPSA) is 119 Å². The van der Waals surface area contributed by atoms with E-state index in [1.54, 1.807) is 91.3 Å². The molecular weight excluding hydrogens is 648 g/mol. The van der Waals surface area contributed by atoms with Gasteiger partial charge in [-0.25, -0.2) is 0 Å². The number of methoxy groups -OCH3 is 2. The molecule has 0 aliphatic heterocycles. The Hall–Kier alpha value is -5.58. The summed E-state index contributed by atoms with van der Waals surface area (Å²) in [6.07, 6.45) is 4.76. The van der Waals surface area contributed by atoms with Gasteiger partial charge in [0.2, 0.25) is 5.91 Å². The van der Waals surface area contributed by atoms with E-state index in [0.29, 0.717) is 43.9 Å². The molecule has 0 aliphatic carbocycles. The third-order valence-corrected chi connectivity index (χ3v) is 8.49. The van der Waals surface area contributed by atoms with Crippen LogP contribution in [0.15, 0.2) is 132 Å². The number of carbonyl (C=O) groups is 3. The second kappa shape index (κ2) is 16.3. The molecule has 1 aromatic heterocycles. The van der Waals surface area contributed by atoms with Gasteiger partial charge in [-0.05, 0) is 59.7 Å². The van der Waals surface area contributed by atoms with E-state index in [0.717, 1.165) is 5.56 Å². The average Bonchev–Trinajstić information content (AvgIpc) is 3.11. The first kappa shape index (κ1) is 33.8. The van der Waals surface area contributed by atoms with Crippen LogP contribution < -0.4 is 25.4 Å². The van der Waals surface area contributed by atoms with Crippen LogP contribution in [-0.4, -0.2) is 36.9 Å². The first-order valence-electron chi connectivity index (χ1n) is 14.7. The van der Waals surface area contributed by atoms with E-state index in [2.05, 4.69) is 20.9 Å². The van der Waals surface area contributed by atoms with Crippen molar-refractivity contribution in [2.75, 3.05) is 24.9 Å². The predicted molar refractivity (Wildman–Crippen MR) is 189 cm³/mol. The molecule has 3 amide bonds. The number of hydrogen-bond donors (Lipinski definition) is 3. The number of anilines is 2. The van der Waals surface area contributed by atoms with E-state index in [4.69, 9.17) is 21.1 Å². The molecule has 11 heteroatoms. The van der Waals surface area contributed by atoms with Gasteiger partial charge < -0.3 is 25.4 Å². The molecular formula is C37H31ClN4O5S. The van der Waals surface area contributed by atoms with Crippen molar-refractivity contribution in [3.63, 3.8) is 0 Å². The van der Waals surface area contributed by atoms with Gasteiger partial charge in [0.25, 0.3) is 11.8 Å². The zero-order chi connectivity index (χ0) is 33.9. The maximum atomic E-state index is 13.8. The Labute approximate surface area is 287 Å². The van der Waals surface area contributed by atoms with Crippen LogP contribution in [0.1, 0.15) is 26.7 Å². The van der Waals surface area contributed by atoms with Crippen LogP contribution in [0.4, 0.5) is 11.4 Å². The number of amides is 3. The average molecular weight is 679 g/mol. The number of thioether (sulfide) groups is 1. The summed E-state index contributed by atoms with van der Waals surface area (Å²) in [6.45, 7) is 0. The van der Waals surface area contributed by atoms with Gasteiger partial charge in [-0.3, -0.25) is 19.4 Å². The van der Waals surface area contributed by atoms with Crippen molar-refractivity contribution in [2.24, 2.45) is 0 Å². The highest BCUT2D eigenvalue weighted by Crippen LogP contribution is 2.40. The van der Waals surface area contributed by atoms with Crippen molar-refractivity contribution in [3.05, 3.63) is 149 Å². The fourth-order valence-electron chi connectivity index (χ4n) is 4.61. The van der Waals surface area contributed by atoms with Gasteiger partial charge in [0.15, 0.2) is 0 Å². The summed E-state index contributed by atoms with van der Waals surface area (Å²) in [5.74, 6) is -0.480. The molecule has 4 aromatic carbocycles. The minimum atomic E-state index is -0.686. The molecule has 1 atom stereocenters. The van der Waals surface area contributed by atoms with E-state index in [1.807, 2.05) is 36.4 Å². The van der Waals surface area contributed by atoms with Crippen molar-refractivity contribution < 1.29 is 23.9 Å². The van der Waals surface area contributed by atoms with E-state index in [-0.39, 0.29) is 11.6 Å². The Bertz CT molecular complexity index is 1930. The summed E-state index contributed by atoms with van der Waals surface area (Å²) in [7, 11) is 2.99. The highest BCUT2D eigenvalue weighted by Gasteiger charge is 2.24. The number of carbonyl (C=O) groups excluding carboxylic acids is 3. The molecule has 3 N–H and O–H groups in total. The van der Waals surface area contributed by atoms with Gasteiger partial charge in [-0.15, -0.1) is 11.8 Å². The molecule has 1 heterocycles. The zero-order valence-electron chi connectivity index (χ0n) is 26.0. The molecule has 0 radical (unpaired) electrons. The Morgan fingerprint density at radius 3 is 2.23 bits per heavy atom. The molecule has 0 saturated heterocycles. The smallest absolute Gasteiger partial charge is 0.272 e. The monoisotopic (exact) mass is 678 g/mol. The largest absolute Gasteiger partial charge is 0.495 e. The number of halogens is 1. The van der Waals surface area contributed by atoms with E-state index >= 15 is 0 Å². The maximum Gasteiger partial charge on any atom is 0.272 e. The number of benzene rings is 4. The molecule has 9 nitrogen and oxygen atoms in total. The van der Waals surface area contributed by atoms with Crippen LogP contribution in [0.25, 0.3) is 6.08 Å². The number of nitrogens with zero attached hydrogens (tertiary/aromatic N) is 1. The van der Waals surface area contributed by atoms with Gasteiger partial charge in [0, 0.05) is 34.6 Å². The Morgan fingerprint density at radius 1 is 0.812 bits per heavy atom. The van der Waals surface area contributed by atoms with Gasteiger partial charge >= 0.3 is 0 Å². The highest BCUT2D eigenvalue weighted by molar-refractivity contribution is 8.00. The van der Waals surface area contributed by atoms with Crippen molar-refractivity contribution in [2.45, 2.75) is 10.1 Å². The van der Waals surface area contributed by atoms with Crippen LogP contribution in [0.3, 0.4) is 0 Å². The molecule has 5 rings (SSSR count). The van der Waals surface area contributed by atoms with Crippen LogP contribution in [0, 0.1) is 0 Å². The lowest BCUT2D eigenvalue weighted by Crippen LogP contribution is -2.30. The summed E-state index contributed by atoms with van der Waals surface area (Å²) in [5.41, 5.74) is 2.68. The SMILES string of the molecule is COc1cc(OC)c(NC(=O)C(Sc2cccc(NC(=O)/C(=C/c3cccnc3)NC(=O)c3ccccc3)c2)c2ccccc2)cc1Cl. The lowest BCUT2D eigenvalue weighted by Gasteiger charge is -2.19. The standard InChI is InChI=1S/C37H31ClN4O5S/c1-46-32-22-33(47-2)30(21-29(32)38)41-37(45)34(25-12-5-3-6-13-25)48-28-17-9-16-27(20-28)40-36(44)31(19-24-11-10-18-39-23-24)42-35(43)26-14-7-4-8-15-26/h3-23,34H,1-2H3,(H,40,44)(H,41,45)(H,42,43)/b31-19-. The third kappa shape index (κ3) is 8.81.